The Hall–Kier alpha value is -2.70. The van der Waals surface area contributed by atoms with E-state index in [0.717, 1.165) is 27.1 Å². The highest BCUT2D eigenvalue weighted by atomic mass is 32.2. The number of carbonyl (C=O) groups excluding carboxylic acids is 1. The van der Waals surface area contributed by atoms with Crippen LogP contribution in [-0.2, 0) is 21.2 Å². The van der Waals surface area contributed by atoms with Crippen molar-refractivity contribution in [1.29, 1.82) is 0 Å². The van der Waals surface area contributed by atoms with Crippen LogP contribution in [0.4, 0.5) is 0 Å². The van der Waals surface area contributed by atoms with Crippen LogP contribution >= 0.6 is 0 Å². The number of hydrogen-bond donors (Lipinski definition) is 0. The van der Waals surface area contributed by atoms with Crippen LogP contribution in [0.25, 0.3) is 10.8 Å². The molecule has 6 heteroatoms. The summed E-state index contributed by atoms with van der Waals surface area (Å²) in [5.74, 6) is -0.182. The van der Waals surface area contributed by atoms with Gasteiger partial charge in [-0.2, -0.15) is 4.31 Å². The van der Waals surface area contributed by atoms with Crippen molar-refractivity contribution >= 4 is 26.7 Å². The van der Waals surface area contributed by atoms with Gasteiger partial charge >= 0.3 is 0 Å². The molecule has 1 aliphatic heterocycles. The van der Waals surface area contributed by atoms with Crippen molar-refractivity contribution in [3.05, 3.63) is 77.9 Å². The minimum absolute atomic E-state index is 0.0655. The summed E-state index contributed by atoms with van der Waals surface area (Å²) < 4.78 is 27.2. The fourth-order valence-corrected chi connectivity index (χ4v) is 5.14. The van der Waals surface area contributed by atoms with E-state index < -0.39 is 10.0 Å². The molecule has 0 fully saturated rings. The molecule has 4 rings (SSSR count). The lowest BCUT2D eigenvalue weighted by Crippen LogP contribution is -2.44. The Balaban J connectivity index is 1.53. The Kier molecular flexibility index (Phi) is 5.15. The molecule has 3 aromatic rings. The first-order valence-corrected chi connectivity index (χ1v) is 11.1. The lowest BCUT2D eigenvalue weighted by atomic mass is 9.93. The Morgan fingerprint density at radius 1 is 1.03 bits per heavy atom. The summed E-state index contributed by atoms with van der Waals surface area (Å²) in [7, 11) is -2.29. The summed E-state index contributed by atoms with van der Waals surface area (Å²) in [5, 5.41) is 1.83. The van der Waals surface area contributed by atoms with Crippen LogP contribution in [-0.4, -0.2) is 43.7 Å². The fraction of sp³-hybridized carbons (Fsp3) is 0.261. The van der Waals surface area contributed by atoms with E-state index in [1.807, 2.05) is 49.4 Å². The number of fused-ring (bicyclic) bond motifs is 2. The van der Waals surface area contributed by atoms with Gasteiger partial charge in [-0.1, -0.05) is 54.6 Å². The number of sulfonamides is 1. The Morgan fingerprint density at radius 3 is 2.52 bits per heavy atom. The number of amides is 1. The third kappa shape index (κ3) is 3.66. The summed E-state index contributed by atoms with van der Waals surface area (Å²) in [6, 6.07) is 20.7. The van der Waals surface area contributed by atoms with Crippen molar-refractivity contribution in [2.24, 2.45) is 0 Å². The molecule has 1 aliphatic rings. The van der Waals surface area contributed by atoms with E-state index in [2.05, 4.69) is 6.07 Å². The lowest BCUT2D eigenvalue weighted by Gasteiger charge is -2.36. The predicted octanol–water partition coefficient (Wildman–Crippen LogP) is 3.61. The van der Waals surface area contributed by atoms with Gasteiger partial charge in [0.05, 0.1) is 17.5 Å². The molecule has 0 aromatic heterocycles. The average Bonchev–Trinajstić information content (AvgIpc) is 2.73. The Bertz CT molecular complexity index is 1170. The minimum Gasteiger partial charge on any atom is -0.334 e. The summed E-state index contributed by atoms with van der Waals surface area (Å²) in [6.45, 7) is 2.41. The highest BCUT2D eigenvalue weighted by molar-refractivity contribution is 7.89. The molecule has 0 bridgehead atoms. The van der Waals surface area contributed by atoms with Crippen molar-refractivity contribution < 1.29 is 13.2 Å². The zero-order valence-corrected chi connectivity index (χ0v) is 17.4. The van der Waals surface area contributed by atoms with E-state index in [1.165, 1.54) is 12.6 Å². The quantitative estimate of drug-likeness (QED) is 0.663. The Labute approximate surface area is 171 Å². The third-order valence-electron chi connectivity index (χ3n) is 5.70. The molecular weight excluding hydrogens is 384 g/mol. The van der Waals surface area contributed by atoms with Crippen LogP contribution in [0.2, 0.25) is 0 Å². The van der Waals surface area contributed by atoms with Gasteiger partial charge in [-0.25, -0.2) is 8.42 Å². The molecule has 1 heterocycles. The maximum atomic E-state index is 13.0. The largest absolute Gasteiger partial charge is 0.334 e. The second-order valence-electron chi connectivity index (χ2n) is 7.48. The molecule has 5 nitrogen and oxygen atoms in total. The lowest BCUT2D eigenvalue weighted by molar-refractivity contribution is -0.133. The molecular formula is C23H24N2O3S. The van der Waals surface area contributed by atoms with E-state index >= 15 is 0 Å². The highest BCUT2D eigenvalue weighted by Gasteiger charge is 2.30. The van der Waals surface area contributed by atoms with E-state index in [-0.39, 0.29) is 23.4 Å². The van der Waals surface area contributed by atoms with Crippen LogP contribution < -0.4 is 0 Å². The van der Waals surface area contributed by atoms with Crippen LogP contribution in [0.5, 0.6) is 0 Å². The van der Waals surface area contributed by atoms with Crippen LogP contribution in [0.3, 0.4) is 0 Å². The first-order valence-electron chi connectivity index (χ1n) is 9.70. The average molecular weight is 409 g/mol. The van der Waals surface area contributed by atoms with Crippen molar-refractivity contribution in [1.82, 2.24) is 9.21 Å². The smallest absolute Gasteiger partial charge is 0.243 e. The molecule has 1 unspecified atom stereocenters. The fourth-order valence-electron chi connectivity index (χ4n) is 3.99. The topological polar surface area (TPSA) is 57.7 Å². The van der Waals surface area contributed by atoms with Gasteiger partial charge in [0.1, 0.15) is 0 Å². The SMILES string of the molecule is CC1c2ccccc2CCN1C(=O)CN(C)S(=O)(=O)c1ccc2ccccc2c1. The molecule has 0 N–H and O–H groups in total. The summed E-state index contributed by atoms with van der Waals surface area (Å²) >= 11 is 0. The maximum absolute atomic E-state index is 13.0. The zero-order chi connectivity index (χ0) is 20.6. The molecule has 0 aliphatic carbocycles. The van der Waals surface area contributed by atoms with Gasteiger partial charge in [0.15, 0.2) is 0 Å². The summed E-state index contributed by atoms with van der Waals surface area (Å²) in [4.78, 5) is 14.9. The van der Waals surface area contributed by atoms with Crippen molar-refractivity contribution in [3.8, 4) is 0 Å². The van der Waals surface area contributed by atoms with Crippen molar-refractivity contribution in [3.63, 3.8) is 0 Å². The number of carbonyl (C=O) groups is 1. The molecule has 0 saturated heterocycles. The molecule has 0 radical (unpaired) electrons. The third-order valence-corrected chi connectivity index (χ3v) is 7.50. The number of rotatable bonds is 4. The first kappa shape index (κ1) is 19.6. The van der Waals surface area contributed by atoms with E-state index in [4.69, 9.17) is 0 Å². The van der Waals surface area contributed by atoms with Crippen LogP contribution in [0.15, 0.2) is 71.6 Å². The van der Waals surface area contributed by atoms with E-state index in [9.17, 15) is 13.2 Å². The minimum atomic E-state index is -3.76. The number of likely N-dealkylation sites (N-methyl/N-ethyl adjacent to an activating group) is 1. The highest BCUT2D eigenvalue weighted by Crippen LogP contribution is 2.29. The van der Waals surface area contributed by atoms with E-state index in [0.29, 0.717) is 6.54 Å². The van der Waals surface area contributed by atoms with E-state index in [1.54, 1.807) is 23.1 Å². The van der Waals surface area contributed by atoms with Crippen molar-refractivity contribution in [2.45, 2.75) is 24.3 Å². The molecule has 29 heavy (non-hydrogen) atoms. The predicted molar refractivity (Wildman–Crippen MR) is 114 cm³/mol. The monoisotopic (exact) mass is 408 g/mol. The summed E-state index contributed by atoms with van der Waals surface area (Å²) in [6.07, 6.45) is 0.785. The molecule has 1 atom stereocenters. The second kappa shape index (κ2) is 7.61. The number of nitrogens with zero attached hydrogens (tertiary/aromatic N) is 2. The van der Waals surface area contributed by atoms with Gasteiger partial charge in [0.2, 0.25) is 15.9 Å². The molecule has 0 saturated carbocycles. The molecule has 150 valence electrons. The first-order chi connectivity index (χ1) is 13.9. The van der Waals surface area contributed by atoms with Gasteiger partial charge in [-0.3, -0.25) is 4.79 Å². The van der Waals surface area contributed by atoms with Gasteiger partial charge in [0.25, 0.3) is 0 Å². The molecule has 1 amide bonds. The van der Waals surface area contributed by atoms with Gasteiger partial charge < -0.3 is 4.90 Å². The molecule has 0 spiro atoms. The molecule has 3 aromatic carbocycles. The van der Waals surface area contributed by atoms with Crippen LogP contribution in [0, 0.1) is 0 Å². The number of benzene rings is 3. The van der Waals surface area contributed by atoms with Gasteiger partial charge in [-0.15, -0.1) is 0 Å². The maximum Gasteiger partial charge on any atom is 0.243 e. The normalized spacial score (nSPS) is 16.8. The standard InChI is InChI=1S/C23H24N2O3S/c1-17-22-10-6-5-8-19(22)13-14-25(17)23(26)16-24(2)29(27,28)21-12-11-18-7-3-4-9-20(18)15-21/h3-12,15,17H,13-14,16H2,1-2H3. The van der Waals surface area contributed by atoms with Crippen LogP contribution in [0.1, 0.15) is 24.1 Å². The number of hydrogen-bond acceptors (Lipinski definition) is 3. The van der Waals surface area contributed by atoms with Gasteiger partial charge in [0, 0.05) is 13.6 Å². The Morgan fingerprint density at radius 2 is 1.72 bits per heavy atom. The second-order valence-corrected chi connectivity index (χ2v) is 9.53. The van der Waals surface area contributed by atoms with Gasteiger partial charge in [-0.05, 0) is 47.4 Å². The van der Waals surface area contributed by atoms with Crippen molar-refractivity contribution in [2.75, 3.05) is 20.1 Å². The summed E-state index contributed by atoms with van der Waals surface area (Å²) in [5.41, 5.74) is 2.38. The zero-order valence-electron chi connectivity index (χ0n) is 16.6.